The number of rotatable bonds is 7. The van der Waals surface area contributed by atoms with Gasteiger partial charge in [-0.15, -0.1) is 0 Å². The first-order chi connectivity index (χ1) is 18.0. The first-order valence-corrected chi connectivity index (χ1v) is 13.3. The molecule has 0 unspecified atom stereocenters. The van der Waals surface area contributed by atoms with E-state index in [1.807, 2.05) is 30.7 Å². The summed E-state index contributed by atoms with van der Waals surface area (Å²) in [6, 6.07) is 14.4. The zero-order valence-corrected chi connectivity index (χ0v) is 21.8. The van der Waals surface area contributed by atoms with Crippen LogP contribution in [0.3, 0.4) is 0 Å². The van der Waals surface area contributed by atoms with E-state index in [1.54, 1.807) is 10.9 Å². The minimum Gasteiger partial charge on any atom is -0.369 e. The number of anilines is 3. The Morgan fingerprint density at radius 2 is 1.76 bits per heavy atom. The molecule has 0 bridgehead atoms. The molecular formula is C28H34N8O. The number of aromatic nitrogens is 5. The third-order valence-corrected chi connectivity index (χ3v) is 7.39. The van der Waals surface area contributed by atoms with Gasteiger partial charge in [-0.3, -0.25) is 4.79 Å². The predicted octanol–water partition coefficient (Wildman–Crippen LogP) is 4.32. The van der Waals surface area contributed by atoms with Gasteiger partial charge in [0.1, 0.15) is 5.39 Å². The molecule has 1 saturated heterocycles. The number of pyridine rings is 1. The van der Waals surface area contributed by atoms with Crippen LogP contribution in [0.2, 0.25) is 0 Å². The molecule has 0 radical (unpaired) electrons. The molecule has 0 atom stereocenters. The number of piperazine rings is 1. The highest BCUT2D eigenvalue weighted by Gasteiger charge is 2.26. The lowest BCUT2D eigenvalue weighted by atomic mass is 10.2. The summed E-state index contributed by atoms with van der Waals surface area (Å²) in [6.07, 6.45) is 3.96. The van der Waals surface area contributed by atoms with E-state index in [9.17, 15) is 4.79 Å². The molecule has 9 heteroatoms. The van der Waals surface area contributed by atoms with Gasteiger partial charge in [0.2, 0.25) is 5.95 Å². The van der Waals surface area contributed by atoms with Gasteiger partial charge in [0.15, 0.2) is 11.5 Å². The number of hydrogen-bond donors (Lipinski definition) is 1. The second kappa shape index (κ2) is 9.63. The van der Waals surface area contributed by atoms with Gasteiger partial charge in [-0.25, -0.2) is 19.3 Å². The van der Waals surface area contributed by atoms with Gasteiger partial charge in [0.25, 0.3) is 5.56 Å². The highest BCUT2D eigenvalue weighted by atomic mass is 16.1. The third-order valence-electron chi connectivity index (χ3n) is 7.39. The largest absolute Gasteiger partial charge is 0.369 e. The molecule has 37 heavy (non-hydrogen) atoms. The lowest BCUT2D eigenvalue weighted by molar-refractivity contribution is 0.271. The van der Waals surface area contributed by atoms with Crippen molar-refractivity contribution in [3.05, 3.63) is 64.7 Å². The molecule has 2 fully saturated rings. The summed E-state index contributed by atoms with van der Waals surface area (Å²) in [6.45, 7) is 11.6. The van der Waals surface area contributed by atoms with Gasteiger partial charge in [-0.05, 0) is 69.6 Å². The smallest absolute Gasteiger partial charge is 0.278 e. The summed E-state index contributed by atoms with van der Waals surface area (Å²) in [5.41, 5.74) is 3.65. The van der Waals surface area contributed by atoms with Crippen LogP contribution < -0.4 is 15.8 Å². The Hall–Kier alpha value is -3.72. The van der Waals surface area contributed by atoms with Crippen LogP contribution in [0, 0.1) is 0 Å². The van der Waals surface area contributed by atoms with E-state index in [0.717, 1.165) is 44.1 Å². The van der Waals surface area contributed by atoms with Crippen molar-refractivity contribution in [2.24, 2.45) is 0 Å². The fraction of sp³-hybridized carbons (Fsp3) is 0.429. The molecule has 192 valence electrons. The minimum atomic E-state index is -0.109. The van der Waals surface area contributed by atoms with Gasteiger partial charge in [-0.2, -0.15) is 4.98 Å². The zero-order valence-electron chi connectivity index (χ0n) is 21.8. The van der Waals surface area contributed by atoms with Crippen molar-refractivity contribution < 1.29 is 0 Å². The standard InChI is InChI=1S/C28H34N8O/c1-4-33-14-16-34(17-15-33)22-12-10-21(11-13-22)30-28-29-18-23-26(32-28)36(35(19(2)3)27(23)37)25-7-5-6-24(31-25)20-8-9-20/h5-7,10-13,18-20H,4,8-9,14-17H2,1-3H3,(H,29,30,32). The summed E-state index contributed by atoms with van der Waals surface area (Å²) in [4.78, 5) is 32.4. The number of fused-ring (bicyclic) bond motifs is 1. The second-order valence-electron chi connectivity index (χ2n) is 10.3. The van der Waals surface area contributed by atoms with Crippen LogP contribution in [-0.2, 0) is 0 Å². The Morgan fingerprint density at radius 3 is 2.43 bits per heavy atom. The lowest BCUT2D eigenvalue weighted by Crippen LogP contribution is -2.46. The summed E-state index contributed by atoms with van der Waals surface area (Å²) >= 11 is 0. The van der Waals surface area contributed by atoms with Gasteiger partial charge in [0, 0.05) is 61.4 Å². The third kappa shape index (κ3) is 4.59. The fourth-order valence-corrected chi connectivity index (χ4v) is 5.12. The van der Waals surface area contributed by atoms with Crippen molar-refractivity contribution >= 4 is 28.4 Å². The molecule has 1 aliphatic carbocycles. The van der Waals surface area contributed by atoms with Crippen LogP contribution >= 0.6 is 0 Å². The molecule has 4 heterocycles. The van der Waals surface area contributed by atoms with E-state index < -0.39 is 0 Å². The predicted molar refractivity (Wildman–Crippen MR) is 147 cm³/mol. The number of hydrogen-bond acceptors (Lipinski definition) is 7. The van der Waals surface area contributed by atoms with E-state index in [0.29, 0.717) is 28.7 Å². The Bertz CT molecular complexity index is 1460. The van der Waals surface area contributed by atoms with E-state index in [2.05, 4.69) is 57.4 Å². The van der Waals surface area contributed by atoms with Crippen LogP contribution in [0.15, 0.2) is 53.5 Å². The molecule has 6 rings (SSSR count). The van der Waals surface area contributed by atoms with Crippen LogP contribution in [0.4, 0.5) is 17.3 Å². The number of nitrogens with zero attached hydrogens (tertiary/aromatic N) is 7. The fourth-order valence-electron chi connectivity index (χ4n) is 5.12. The summed E-state index contributed by atoms with van der Waals surface area (Å²) in [5, 5.41) is 3.81. The molecule has 0 spiro atoms. The maximum absolute atomic E-state index is 13.3. The molecule has 1 aromatic carbocycles. The highest BCUT2D eigenvalue weighted by molar-refractivity contribution is 5.77. The maximum Gasteiger partial charge on any atom is 0.278 e. The monoisotopic (exact) mass is 498 g/mol. The maximum atomic E-state index is 13.3. The molecule has 1 aliphatic heterocycles. The number of likely N-dealkylation sites (N-methyl/N-ethyl adjacent to an activating group) is 1. The van der Waals surface area contributed by atoms with Crippen LogP contribution in [0.1, 0.15) is 51.3 Å². The highest BCUT2D eigenvalue weighted by Crippen LogP contribution is 2.39. The van der Waals surface area contributed by atoms with E-state index >= 15 is 0 Å². The minimum absolute atomic E-state index is 0.0590. The van der Waals surface area contributed by atoms with E-state index in [-0.39, 0.29) is 11.6 Å². The second-order valence-corrected chi connectivity index (χ2v) is 10.3. The Labute approximate surface area is 216 Å². The van der Waals surface area contributed by atoms with Crippen molar-refractivity contribution in [1.29, 1.82) is 0 Å². The molecule has 0 amide bonds. The van der Waals surface area contributed by atoms with Gasteiger partial charge >= 0.3 is 0 Å². The number of benzene rings is 1. The molecule has 9 nitrogen and oxygen atoms in total. The van der Waals surface area contributed by atoms with Crippen molar-refractivity contribution in [2.75, 3.05) is 42.9 Å². The molecule has 4 aromatic rings. The summed E-state index contributed by atoms with van der Waals surface area (Å²) in [7, 11) is 0. The lowest BCUT2D eigenvalue weighted by Gasteiger charge is -2.35. The Kier molecular flexibility index (Phi) is 6.16. The topological polar surface area (TPSA) is 84.1 Å². The molecule has 1 N–H and O–H groups in total. The first-order valence-electron chi connectivity index (χ1n) is 13.3. The summed E-state index contributed by atoms with van der Waals surface area (Å²) in [5.74, 6) is 1.68. The Balaban J connectivity index is 1.31. The van der Waals surface area contributed by atoms with Gasteiger partial charge in [-0.1, -0.05) is 13.0 Å². The SMILES string of the molecule is CCN1CCN(c2ccc(Nc3ncc4c(=O)n(C(C)C)n(-c5cccc(C6CC6)n5)c4n3)cc2)CC1. The van der Waals surface area contributed by atoms with Crippen LogP contribution in [0.5, 0.6) is 0 Å². The average molecular weight is 499 g/mol. The van der Waals surface area contributed by atoms with Crippen LogP contribution in [0.25, 0.3) is 16.9 Å². The van der Waals surface area contributed by atoms with Gasteiger partial charge in [0.05, 0.1) is 0 Å². The first kappa shape index (κ1) is 23.7. The van der Waals surface area contributed by atoms with Crippen LogP contribution in [-0.4, -0.2) is 61.9 Å². The molecule has 3 aromatic heterocycles. The average Bonchev–Trinajstić information content (AvgIpc) is 3.73. The van der Waals surface area contributed by atoms with Gasteiger partial charge < -0.3 is 15.1 Å². The Morgan fingerprint density at radius 1 is 1.00 bits per heavy atom. The van der Waals surface area contributed by atoms with Crippen molar-refractivity contribution in [3.63, 3.8) is 0 Å². The molecular weight excluding hydrogens is 464 g/mol. The zero-order chi connectivity index (χ0) is 25.5. The van der Waals surface area contributed by atoms with E-state index in [4.69, 9.17) is 9.97 Å². The number of nitrogens with one attached hydrogen (secondary N) is 1. The normalized spacial score (nSPS) is 16.6. The molecule has 1 saturated carbocycles. The molecule has 2 aliphatic rings. The summed E-state index contributed by atoms with van der Waals surface area (Å²) < 4.78 is 3.56. The van der Waals surface area contributed by atoms with Crippen molar-refractivity contribution in [3.8, 4) is 5.82 Å². The van der Waals surface area contributed by atoms with E-state index in [1.165, 1.54) is 18.5 Å². The van der Waals surface area contributed by atoms with Crippen molar-refractivity contribution in [1.82, 2.24) is 29.2 Å². The van der Waals surface area contributed by atoms with Crippen molar-refractivity contribution in [2.45, 2.75) is 45.6 Å². The quantitative estimate of drug-likeness (QED) is 0.406.